The molecule has 1 amide bonds. The number of benzene rings is 1. The van der Waals surface area contributed by atoms with E-state index in [1.807, 2.05) is 4.90 Å². The fraction of sp³-hybridized carbons (Fsp3) is 0.500. The molecule has 0 aromatic heterocycles. The van der Waals surface area contributed by atoms with Gasteiger partial charge in [0, 0.05) is 25.9 Å². The summed E-state index contributed by atoms with van der Waals surface area (Å²) in [5, 5.41) is 0. The number of carbonyl (C=O) groups excluding carboxylic acids is 2. The van der Waals surface area contributed by atoms with Crippen molar-refractivity contribution < 1.29 is 19.1 Å². The first kappa shape index (κ1) is 14.8. The number of piperidine rings is 1. The maximum absolute atomic E-state index is 12.5. The molecule has 1 aromatic carbocycles. The fourth-order valence-corrected chi connectivity index (χ4v) is 3.22. The highest BCUT2D eigenvalue weighted by atomic mass is 16.5. The van der Waals surface area contributed by atoms with Crippen molar-refractivity contribution in [2.24, 2.45) is 5.73 Å². The van der Waals surface area contributed by atoms with Crippen molar-refractivity contribution in [1.29, 1.82) is 0 Å². The van der Waals surface area contributed by atoms with Crippen LogP contribution in [0.2, 0.25) is 0 Å². The van der Waals surface area contributed by atoms with E-state index in [9.17, 15) is 9.59 Å². The summed E-state index contributed by atoms with van der Waals surface area (Å²) >= 11 is 0. The molecule has 0 unspecified atom stereocenters. The van der Waals surface area contributed by atoms with Gasteiger partial charge in [-0.1, -0.05) is 0 Å². The van der Waals surface area contributed by atoms with Crippen molar-refractivity contribution in [2.75, 3.05) is 26.7 Å². The molecule has 0 saturated carbocycles. The quantitative estimate of drug-likeness (QED) is 0.900. The largest absolute Gasteiger partial charge is 0.497 e. The third-order valence-corrected chi connectivity index (χ3v) is 4.44. The Morgan fingerprint density at radius 1 is 1.41 bits per heavy atom. The number of ether oxygens (including phenoxy) is 2. The average molecular weight is 304 g/mol. The Morgan fingerprint density at radius 3 is 2.77 bits per heavy atom. The van der Waals surface area contributed by atoms with Gasteiger partial charge in [0.2, 0.25) is 5.91 Å². The van der Waals surface area contributed by atoms with Crippen LogP contribution in [-0.4, -0.2) is 48.9 Å². The molecule has 2 aliphatic rings. The Hall–Kier alpha value is -2.08. The Bertz CT molecular complexity index is 606. The van der Waals surface area contributed by atoms with E-state index in [0.29, 0.717) is 36.6 Å². The number of hydrogen-bond acceptors (Lipinski definition) is 5. The minimum atomic E-state index is -0.452. The number of primary amides is 1. The molecular formula is C16H20N2O4. The molecule has 2 heterocycles. The van der Waals surface area contributed by atoms with E-state index in [-0.39, 0.29) is 18.2 Å². The van der Waals surface area contributed by atoms with E-state index in [4.69, 9.17) is 15.2 Å². The summed E-state index contributed by atoms with van der Waals surface area (Å²) in [4.78, 5) is 25.5. The molecule has 118 valence electrons. The number of carbonyl (C=O) groups is 2. The number of ketones is 1. The van der Waals surface area contributed by atoms with E-state index >= 15 is 0 Å². The van der Waals surface area contributed by atoms with Crippen LogP contribution in [0, 0.1) is 0 Å². The van der Waals surface area contributed by atoms with Crippen molar-refractivity contribution in [3.05, 3.63) is 23.8 Å². The number of rotatable bonds is 3. The third-order valence-electron chi connectivity index (χ3n) is 4.44. The Labute approximate surface area is 129 Å². The average Bonchev–Trinajstić information content (AvgIpc) is 2.49. The SMILES string of the molecule is COc1ccc2c(c1)C(=O)CC1(CCN(CC(N)=O)CC1)O2. The van der Waals surface area contributed by atoms with E-state index in [1.165, 1.54) is 0 Å². The molecule has 1 fully saturated rings. The number of likely N-dealkylation sites (tertiary alicyclic amines) is 1. The molecule has 0 atom stereocenters. The summed E-state index contributed by atoms with van der Waals surface area (Å²) in [6.45, 7) is 1.68. The Kier molecular flexibility index (Phi) is 3.78. The van der Waals surface area contributed by atoms with Crippen LogP contribution in [0.5, 0.6) is 11.5 Å². The monoisotopic (exact) mass is 304 g/mol. The zero-order valence-electron chi connectivity index (χ0n) is 12.6. The molecule has 22 heavy (non-hydrogen) atoms. The Balaban J connectivity index is 1.75. The highest BCUT2D eigenvalue weighted by molar-refractivity contribution is 6.00. The number of methoxy groups -OCH3 is 1. The van der Waals surface area contributed by atoms with Crippen LogP contribution in [0.15, 0.2) is 18.2 Å². The topological polar surface area (TPSA) is 81.9 Å². The molecule has 1 aromatic rings. The van der Waals surface area contributed by atoms with Gasteiger partial charge < -0.3 is 15.2 Å². The lowest BCUT2D eigenvalue weighted by atomic mass is 9.82. The second-order valence-electron chi connectivity index (χ2n) is 5.99. The highest BCUT2D eigenvalue weighted by Gasteiger charge is 2.43. The van der Waals surface area contributed by atoms with E-state index in [1.54, 1.807) is 25.3 Å². The van der Waals surface area contributed by atoms with Crippen LogP contribution in [0.1, 0.15) is 29.6 Å². The molecule has 1 saturated heterocycles. The van der Waals surface area contributed by atoms with Crippen LogP contribution in [0.4, 0.5) is 0 Å². The first-order chi connectivity index (χ1) is 10.5. The number of Topliss-reactive ketones (excluding diaryl/α,β-unsaturated/α-hetero) is 1. The van der Waals surface area contributed by atoms with Gasteiger partial charge >= 0.3 is 0 Å². The Morgan fingerprint density at radius 2 is 2.14 bits per heavy atom. The molecule has 6 nitrogen and oxygen atoms in total. The lowest BCUT2D eigenvalue weighted by Crippen LogP contribution is -2.52. The number of nitrogens with two attached hydrogens (primary N) is 1. The summed E-state index contributed by atoms with van der Waals surface area (Å²) in [6, 6.07) is 5.32. The van der Waals surface area contributed by atoms with Crippen LogP contribution in [0.3, 0.4) is 0 Å². The van der Waals surface area contributed by atoms with Gasteiger partial charge in [-0.15, -0.1) is 0 Å². The molecule has 2 aliphatic heterocycles. The molecule has 0 bridgehead atoms. The normalized spacial score (nSPS) is 20.3. The second-order valence-corrected chi connectivity index (χ2v) is 5.99. The number of nitrogens with zero attached hydrogens (tertiary/aromatic N) is 1. The van der Waals surface area contributed by atoms with Gasteiger partial charge in [-0.05, 0) is 18.2 Å². The van der Waals surface area contributed by atoms with Crippen molar-refractivity contribution in [1.82, 2.24) is 4.90 Å². The van der Waals surface area contributed by atoms with E-state index in [2.05, 4.69) is 0 Å². The second kappa shape index (κ2) is 5.61. The standard InChI is InChI=1S/C16H20N2O4/c1-21-11-2-3-14-12(8-11)13(19)9-16(22-14)4-6-18(7-5-16)10-15(17)20/h2-3,8H,4-7,9-10H2,1H3,(H2,17,20). The maximum atomic E-state index is 12.5. The van der Waals surface area contributed by atoms with Gasteiger partial charge in [-0.25, -0.2) is 0 Å². The van der Waals surface area contributed by atoms with Gasteiger partial charge in [0.1, 0.15) is 17.1 Å². The molecular weight excluding hydrogens is 284 g/mol. The van der Waals surface area contributed by atoms with Crippen molar-refractivity contribution in [3.8, 4) is 11.5 Å². The van der Waals surface area contributed by atoms with Gasteiger partial charge in [0.05, 0.1) is 25.6 Å². The first-order valence-electron chi connectivity index (χ1n) is 7.42. The predicted molar refractivity (Wildman–Crippen MR) is 80.2 cm³/mol. The molecule has 6 heteroatoms. The summed E-state index contributed by atoms with van der Waals surface area (Å²) in [7, 11) is 1.58. The van der Waals surface area contributed by atoms with Crippen molar-refractivity contribution >= 4 is 11.7 Å². The number of fused-ring (bicyclic) bond motifs is 1. The minimum absolute atomic E-state index is 0.0866. The zero-order chi connectivity index (χ0) is 15.7. The molecule has 3 rings (SSSR count). The van der Waals surface area contributed by atoms with Crippen LogP contribution < -0.4 is 15.2 Å². The van der Waals surface area contributed by atoms with Crippen LogP contribution >= 0.6 is 0 Å². The van der Waals surface area contributed by atoms with Crippen molar-refractivity contribution in [3.63, 3.8) is 0 Å². The minimum Gasteiger partial charge on any atom is -0.497 e. The van der Waals surface area contributed by atoms with Gasteiger partial charge in [0.15, 0.2) is 5.78 Å². The number of hydrogen-bond donors (Lipinski definition) is 1. The van der Waals surface area contributed by atoms with E-state index in [0.717, 1.165) is 12.8 Å². The summed E-state index contributed by atoms with van der Waals surface area (Å²) < 4.78 is 11.3. The fourth-order valence-electron chi connectivity index (χ4n) is 3.22. The highest BCUT2D eigenvalue weighted by Crippen LogP contribution is 2.40. The zero-order valence-corrected chi connectivity index (χ0v) is 12.6. The summed E-state index contributed by atoms with van der Waals surface area (Å²) in [6.07, 6.45) is 1.81. The van der Waals surface area contributed by atoms with Gasteiger partial charge in [0.25, 0.3) is 0 Å². The van der Waals surface area contributed by atoms with Crippen molar-refractivity contribution in [2.45, 2.75) is 24.9 Å². The summed E-state index contributed by atoms with van der Waals surface area (Å²) in [5.41, 5.74) is 5.36. The lowest BCUT2D eigenvalue weighted by molar-refractivity contribution is -0.120. The van der Waals surface area contributed by atoms with E-state index < -0.39 is 5.60 Å². The predicted octanol–water partition coefficient (Wildman–Crippen LogP) is 0.980. The van der Waals surface area contributed by atoms with Crippen LogP contribution in [-0.2, 0) is 4.79 Å². The first-order valence-corrected chi connectivity index (χ1v) is 7.42. The third kappa shape index (κ3) is 2.78. The smallest absolute Gasteiger partial charge is 0.231 e. The molecule has 1 spiro atoms. The molecule has 0 aliphatic carbocycles. The van der Waals surface area contributed by atoms with Gasteiger partial charge in [-0.3, -0.25) is 14.5 Å². The molecule has 0 radical (unpaired) electrons. The van der Waals surface area contributed by atoms with Gasteiger partial charge in [-0.2, -0.15) is 0 Å². The maximum Gasteiger partial charge on any atom is 0.231 e. The molecule has 2 N–H and O–H groups in total. The number of amides is 1. The summed E-state index contributed by atoms with van der Waals surface area (Å²) in [5.74, 6) is 1.04. The lowest BCUT2D eigenvalue weighted by Gasteiger charge is -2.43. The van der Waals surface area contributed by atoms with Crippen LogP contribution in [0.25, 0.3) is 0 Å².